The lowest BCUT2D eigenvalue weighted by atomic mass is 10.1. The van der Waals surface area contributed by atoms with Crippen LogP contribution in [-0.2, 0) is 4.79 Å². The van der Waals surface area contributed by atoms with E-state index in [0.29, 0.717) is 5.75 Å². The maximum absolute atomic E-state index is 12.4. The Hall–Kier alpha value is -1.33. The Morgan fingerprint density at radius 1 is 1.10 bits per heavy atom. The molecular weight excluding hydrogens is 398 g/mol. The van der Waals surface area contributed by atoms with Crippen LogP contribution in [0.2, 0.25) is 0 Å². The van der Waals surface area contributed by atoms with E-state index in [4.69, 9.17) is 4.74 Å². The molecule has 0 heterocycles. The van der Waals surface area contributed by atoms with Gasteiger partial charge in [-0.15, -0.1) is 0 Å². The van der Waals surface area contributed by atoms with Gasteiger partial charge >= 0.3 is 0 Å². The second kappa shape index (κ2) is 7.09. The Balaban J connectivity index is 2.34. The topological polar surface area (TPSA) is 29.5 Å². The second-order valence-corrected chi connectivity index (χ2v) is 6.49. The Bertz CT molecular complexity index is 629. The van der Waals surface area contributed by atoms with E-state index in [9.17, 15) is 4.79 Å². The van der Waals surface area contributed by atoms with Crippen molar-refractivity contribution in [3.05, 3.63) is 63.0 Å². The van der Waals surface area contributed by atoms with Crippen molar-refractivity contribution >= 4 is 37.8 Å². The van der Waals surface area contributed by atoms with E-state index in [1.165, 1.54) is 4.90 Å². The molecular formula is C16H15Br2NO2. The van der Waals surface area contributed by atoms with Crippen LogP contribution in [0, 0.1) is 0 Å². The average Bonchev–Trinajstić information content (AvgIpc) is 2.46. The first kappa shape index (κ1) is 16.0. The number of amides is 1. The molecule has 5 heteroatoms. The zero-order valence-electron chi connectivity index (χ0n) is 11.7. The summed E-state index contributed by atoms with van der Waals surface area (Å²) in [7, 11) is 3.44. The number of nitrogens with zero attached hydrogens (tertiary/aromatic N) is 1. The molecule has 2 aromatic rings. The van der Waals surface area contributed by atoms with Gasteiger partial charge in [-0.05, 0) is 34.1 Å². The molecule has 0 spiro atoms. The van der Waals surface area contributed by atoms with Gasteiger partial charge in [0, 0.05) is 24.1 Å². The van der Waals surface area contributed by atoms with Gasteiger partial charge in [-0.25, -0.2) is 0 Å². The van der Waals surface area contributed by atoms with Gasteiger partial charge in [-0.2, -0.15) is 0 Å². The lowest BCUT2D eigenvalue weighted by Crippen LogP contribution is -2.31. The summed E-state index contributed by atoms with van der Waals surface area (Å²) >= 11 is 6.85. The highest BCUT2D eigenvalue weighted by atomic mass is 79.9. The van der Waals surface area contributed by atoms with Crippen LogP contribution in [-0.4, -0.2) is 24.9 Å². The van der Waals surface area contributed by atoms with Crippen molar-refractivity contribution in [1.29, 1.82) is 0 Å². The molecule has 1 unspecified atom stereocenters. The Labute approximate surface area is 141 Å². The van der Waals surface area contributed by atoms with Gasteiger partial charge in [-0.3, -0.25) is 4.79 Å². The van der Waals surface area contributed by atoms with Crippen LogP contribution in [0.1, 0.15) is 11.7 Å². The van der Waals surface area contributed by atoms with Gasteiger partial charge in [0.05, 0.1) is 4.47 Å². The number of hydrogen-bond donors (Lipinski definition) is 0. The molecule has 0 saturated heterocycles. The molecule has 0 aliphatic heterocycles. The van der Waals surface area contributed by atoms with E-state index in [1.807, 2.05) is 48.5 Å². The molecule has 1 atom stereocenters. The van der Waals surface area contributed by atoms with E-state index < -0.39 is 6.10 Å². The van der Waals surface area contributed by atoms with Crippen molar-refractivity contribution in [2.24, 2.45) is 0 Å². The van der Waals surface area contributed by atoms with Crippen LogP contribution in [0.15, 0.2) is 57.5 Å². The molecule has 110 valence electrons. The Kier molecular flexibility index (Phi) is 5.42. The number of likely N-dealkylation sites (N-methyl/N-ethyl adjacent to an activating group) is 1. The molecule has 2 aromatic carbocycles. The summed E-state index contributed by atoms with van der Waals surface area (Å²) in [6.45, 7) is 0. The summed E-state index contributed by atoms with van der Waals surface area (Å²) < 4.78 is 7.69. The highest BCUT2D eigenvalue weighted by molar-refractivity contribution is 9.11. The fraction of sp³-hybridized carbons (Fsp3) is 0.188. The van der Waals surface area contributed by atoms with E-state index in [2.05, 4.69) is 31.9 Å². The zero-order valence-corrected chi connectivity index (χ0v) is 14.9. The van der Waals surface area contributed by atoms with Crippen molar-refractivity contribution in [3.8, 4) is 5.75 Å². The van der Waals surface area contributed by atoms with Crippen molar-refractivity contribution < 1.29 is 9.53 Å². The number of halogens is 2. The third kappa shape index (κ3) is 4.08. The van der Waals surface area contributed by atoms with Crippen LogP contribution in [0.25, 0.3) is 0 Å². The van der Waals surface area contributed by atoms with Crippen molar-refractivity contribution in [3.63, 3.8) is 0 Å². The maximum Gasteiger partial charge on any atom is 0.267 e. The predicted octanol–water partition coefficient (Wildman–Crippen LogP) is 4.42. The number of carbonyl (C=O) groups is 1. The first-order valence-corrected chi connectivity index (χ1v) is 7.95. The van der Waals surface area contributed by atoms with E-state index in [0.717, 1.165) is 14.5 Å². The number of ether oxygens (including phenoxy) is 1. The maximum atomic E-state index is 12.4. The van der Waals surface area contributed by atoms with E-state index in [-0.39, 0.29) is 5.91 Å². The quantitative estimate of drug-likeness (QED) is 0.743. The lowest BCUT2D eigenvalue weighted by Gasteiger charge is -2.22. The fourth-order valence-electron chi connectivity index (χ4n) is 1.82. The Morgan fingerprint density at radius 3 is 2.33 bits per heavy atom. The van der Waals surface area contributed by atoms with Crippen LogP contribution in [0.4, 0.5) is 0 Å². The molecule has 0 saturated carbocycles. The van der Waals surface area contributed by atoms with Gasteiger partial charge in [-0.1, -0.05) is 46.3 Å². The zero-order chi connectivity index (χ0) is 15.4. The third-order valence-corrected chi connectivity index (χ3v) is 4.02. The van der Waals surface area contributed by atoms with Crippen molar-refractivity contribution in [1.82, 2.24) is 4.90 Å². The second-order valence-electron chi connectivity index (χ2n) is 4.72. The van der Waals surface area contributed by atoms with Crippen molar-refractivity contribution in [2.45, 2.75) is 6.10 Å². The normalized spacial score (nSPS) is 11.8. The summed E-state index contributed by atoms with van der Waals surface area (Å²) in [6, 6.07) is 15.1. The monoisotopic (exact) mass is 411 g/mol. The lowest BCUT2D eigenvalue weighted by molar-refractivity contribution is -0.136. The number of hydrogen-bond acceptors (Lipinski definition) is 2. The summed E-state index contributed by atoms with van der Waals surface area (Å²) in [5, 5.41) is 0. The predicted molar refractivity (Wildman–Crippen MR) is 90.3 cm³/mol. The minimum atomic E-state index is -0.668. The molecule has 0 radical (unpaired) electrons. The van der Waals surface area contributed by atoms with Gasteiger partial charge in [0.25, 0.3) is 5.91 Å². The molecule has 0 aliphatic carbocycles. The average molecular weight is 413 g/mol. The minimum Gasteiger partial charge on any atom is -0.475 e. The van der Waals surface area contributed by atoms with E-state index in [1.54, 1.807) is 14.1 Å². The Morgan fingerprint density at radius 2 is 1.76 bits per heavy atom. The van der Waals surface area contributed by atoms with Crippen LogP contribution in [0.3, 0.4) is 0 Å². The van der Waals surface area contributed by atoms with Crippen LogP contribution < -0.4 is 4.74 Å². The first-order chi connectivity index (χ1) is 9.99. The molecule has 0 aromatic heterocycles. The first-order valence-electron chi connectivity index (χ1n) is 6.37. The van der Waals surface area contributed by atoms with Crippen LogP contribution in [0.5, 0.6) is 5.75 Å². The summed E-state index contributed by atoms with van der Waals surface area (Å²) in [5.74, 6) is 0.526. The number of benzene rings is 2. The molecule has 0 aliphatic rings. The highest BCUT2D eigenvalue weighted by Gasteiger charge is 2.24. The van der Waals surface area contributed by atoms with Gasteiger partial charge in [0.15, 0.2) is 0 Å². The molecule has 2 rings (SSSR count). The smallest absolute Gasteiger partial charge is 0.267 e. The number of rotatable bonds is 4. The molecule has 21 heavy (non-hydrogen) atoms. The van der Waals surface area contributed by atoms with Crippen molar-refractivity contribution in [2.75, 3.05) is 14.1 Å². The summed E-state index contributed by atoms with van der Waals surface area (Å²) in [6.07, 6.45) is -0.668. The third-order valence-electron chi connectivity index (χ3n) is 2.91. The molecule has 0 fully saturated rings. The van der Waals surface area contributed by atoms with Gasteiger partial charge in [0.2, 0.25) is 6.10 Å². The minimum absolute atomic E-state index is 0.101. The highest BCUT2D eigenvalue weighted by Crippen LogP contribution is 2.32. The fourth-order valence-corrected chi connectivity index (χ4v) is 2.96. The van der Waals surface area contributed by atoms with E-state index >= 15 is 0 Å². The van der Waals surface area contributed by atoms with Gasteiger partial charge in [0.1, 0.15) is 5.75 Å². The van der Waals surface area contributed by atoms with Gasteiger partial charge < -0.3 is 9.64 Å². The molecule has 3 nitrogen and oxygen atoms in total. The molecule has 0 N–H and O–H groups in total. The van der Waals surface area contributed by atoms with Crippen LogP contribution >= 0.6 is 31.9 Å². The summed E-state index contributed by atoms with van der Waals surface area (Å²) in [5.41, 5.74) is 0.825. The number of carbonyl (C=O) groups excluding carboxylic acids is 1. The largest absolute Gasteiger partial charge is 0.475 e. The SMILES string of the molecule is CN(C)C(=O)C(Oc1ccc(Br)cc1Br)c1ccccc1. The standard InChI is InChI=1S/C16H15Br2NO2/c1-19(2)16(20)15(11-6-4-3-5-7-11)21-14-9-8-12(17)10-13(14)18/h3-10,15H,1-2H3. The summed E-state index contributed by atoms with van der Waals surface area (Å²) in [4.78, 5) is 13.9. The molecule has 1 amide bonds. The molecule has 0 bridgehead atoms.